The van der Waals surface area contributed by atoms with Crippen LogP contribution in [0.2, 0.25) is 0 Å². The van der Waals surface area contributed by atoms with Crippen molar-refractivity contribution >= 4 is 0 Å². The summed E-state index contributed by atoms with van der Waals surface area (Å²) < 4.78 is 0. The van der Waals surface area contributed by atoms with Crippen molar-refractivity contribution < 1.29 is 5.11 Å². The van der Waals surface area contributed by atoms with Crippen LogP contribution in [0.1, 0.15) is 52.4 Å². The van der Waals surface area contributed by atoms with E-state index in [1.165, 1.54) is 12.8 Å². The van der Waals surface area contributed by atoms with E-state index in [2.05, 4.69) is 19.2 Å². The second-order valence-electron chi connectivity index (χ2n) is 3.96. The molecule has 0 fully saturated rings. The Morgan fingerprint density at radius 1 is 1.08 bits per heavy atom. The molecule has 0 radical (unpaired) electrons. The van der Waals surface area contributed by atoms with Gasteiger partial charge in [0, 0.05) is 6.54 Å². The lowest BCUT2D eigenvalue weighted by atomic mass is 9.91. The number of rotatable bonds is 8. The average molecular weight is 187 g/mol. The smallest absolute Gasteiger partial charge is 0.0771 e. The molecule has 0 aliphatic carbocycles. The Kier molecular flexibility index (Phi) is 7.29. The van der Waals surface area contributed by atoms with Gasteiger partial charge in [-0.05, 0) is 19.9 Å². The Balaban J connectivity index is 3.76. The maximum absolute atomic E-state index is 10.2. The Bertz CT molecular complexity index is 109. The van der Waals surface area contributed by atoms with E-state index in [0.717, 1.165) is 32.2 Å². The summed E-state index contributed by atoms with van der Waals surface area (Å²) in [7, 11) is 1.90. The zero-order valence-electron chi connectivity index (χ0n) is 9.40. The third-order valence-corrected chi connectivity index (χ3v) is 2.47. The van der Waals surface area contributed by atoms with E-state index in [1.807, 2.05) is 7.05 Å². The molecule has 0 spiro atoms. The van der Waals surface area contributed by atoms with Crippen molar-refractivity contribution in [1.82, 2.24) is 5.32 Å². The molecule has 0 amide bonds. The van der Waals surface area contributed by atoms with Crippen LogP contribution in [-0.4, -0.2) is 24.3 Å². The minimum absolute atomic E-state index is 0.460. The third kappa shape index (κ3) is 6.05. The molecule has 0 aromatic rings. The number of hydrogen-bond acceptors (Lipinski definition) is 2. The molecule has 0 heterocycles. The molecule has 0 aliphatic rings. The van der Waals surface area contributed by atoms with Crippen LogP contribution in [0.15, 0.2) is 0 Å². The second kappa shape index (κ2) is 7.34. The van der Waals surface area contributed by atoms with Crippen LogP contribution in [-0.2, 0) is 0 Å². The lowest BCUT2D eigenvalue weighted by molar-refractivity contribution is 0.0218. The van der Waals surface area contributed by atoms with Gasteiger partial charge in [-0.1, -0.05) is 39.5 Å². The fourth-order valence-electron chi connectivity index (χ4n) is 1.80. The van der Waals surface area contributed by atoms with Gasteiger partial charge in [-0.3, -0.25) is 0 Å². The van der Waals surface area contributed by atoms with Crippen molar-refractivity contribution in [3.05, 3.63) is 0 Å². The lowest BCUT2D eigenvalue weighted by Crippen LogP contribution is -2.39. The lowest BCUT2D eigenvalue weighted by Gasteiger charge is -2.27. The summed E-state index contributed by atoms with van der Waals surface area (Å²) in [4.78, 5) is 0. The van der Waals surface area contributed by atoms with Crippen LogP contribution in [0.4, 0.5) is 0 Å². The topological polar surface area (TPSA) is 32.3 Å². The van der Waals surface area contributed by atoms with Crippen molar-refractivity contribution in [2.45, 2.75) is 58.0 Å². The quantitative estimate of drug-likeness (QED) is 0.572. The molecule has 13 heavy (non-hydrogen) atoms. The summed E-state index contributed by atoms with van der Waals surface area (Å²) in [6.45, 7) is 5.04. The largest absolute Gasteiger partial charge is 0.389 e. The summed E-state index contributed by atoms with van der Waals surface area (Å²) in [5, 5.41) is 13.2. The van der Waals surface area contributed by atoms with Crippen LogP contribution in [0.25, 0.3) is 0 Å². The Morgan fingerprint density at radius 3 is 2.23 bits per heavy atom. The highest BCUT2D eigenvalue weighted by atomic mass is 16.3. The van der Waals surface area contributed by atoms with Gasteiger partial charge in [-0.25, -0.2) is 0 Å². The molecule has 0 aromatic heterocycles. The maximum atomic E-state index is 10.2. The van der Waals surface area contributed by atoms with Gasteiger partial charge in [0.2, 0.25) is 0 Å². The predicted octanol–water partition coefficient (Wildman–Crippen LogP) is 2.32. The first kappa shape index (κ1) is 12.9. The van der Waals surface area contributed by atoms with Crippen LogP contribution in [0.5, 0.6) is 0 Å². The van der Waals surface area contributed by atoms with Crippen molar-refractivity contribution in [2.75, 3.05) is 13.6 Å². The molecule has 0 aliphatic heterocycles. The molecule has 0 aromatic carbocycles. The fourth-order valence-corrected chi connectivity index (χ4v) is 1.80. The summed E-state index contributed by atoms with van der Waals surface area (Å²) >= 11 is 0. The average Bonchev–Trinajstić information content (AvgIpc) is 2.05. The number of likely N-dealkylation sites (N-methyl/N-ethyl adjacent to an activating group) is 1. The molecule has 2 nitrogen and oxygen atoms in total. The van der Waals surface area contributed by atoms with E-state index in [4.69, 9.17) is 0 Å². The van der Waals surface area contributed by atoms with Gasteiger partial charge in [-0.15, -0.1) is 0 Å². The van der Waals surface area contributed by atoms with Gasteiger partial charge in [0.1, 0.15) is 0 Å². The summed E-state index contributed by atoms with van der Waals surface area (Å²) in [5.41, 5.74) is -0.460. The van der Waals surface area contributed by atoms with Crippen molar-refractivity contribution in [3.8, 4) is 0 Å². The van der Waals surface area contributed by atoms with E-state index < -0.39 is 5.60 Å². The minimum Gasteiger partial charge on any atom is -0.389 e. The zero-order chi connectivity index (χ0) is 10.2. The molecule has 0 saturated heterocycles. The molecule has 0 saturated carbocycles. The highest BCUT2D eigenvalue weighted by Crippen LogP contribution is 2.19. The predicted molar refractivity (Wildman–Crippen MR) is 57.9 cm³/mol. The van der Waals surface area contributed by atoms with Crippen molar-refractivity contribution in [2.24, 2.45) is 0 Å². The molecule has 1 atom stereocenters. The SMILES string of the molecule is CCCCCC(O)(CCC)CNC. The Hall–Kier alpha value is -0.0800. The number of nitrogens with one attached hydrogen (secondary N) is 1. The van der Waals surface area contributed by atoms with Gasteiger partial charge in [0.05, 0.1) is 5.60 Å². The van der Waals surface area contributed by atoms with Crippen LogP contribution < -0.4 is 5.32 Å². The third-order valence-electron chi connectivity index (χ3n) is 2.47. The number of hydrogen-bond donors (Lipinski definition) is 2. The van der Waals surface area contributed by atoms with E-state index in [9.17, 15) is 5.11 Å². The minimum atomic E-state index is -0.460. The maximum Gasteiger partial charge on any atom is 0.0771 e. The fraction of sp³-hybridized carbons (Fsp3) is 1.00. The van der Waals surface area contributed by atoms with Gasteiger partial charge in [0.25, 0.3) is 0 Å². The highest BCUT2D eigenvalue weighted by Gasteiger charge is 2.23. The standard InChI is InChI=1S/C11H25NO/c1-4-6-7-9-11(13,8-5-2)10-12-3/h12-13H,4-10H2,1-3H3. The molecular formula is C11H25NO. The van der Waals surface area contributed by atoms with Gasteiger partial charge >= 0.3 is 0 Å². The first-order chi connectivity index (χ1) is 6.18. The zero-order valence-corrected chi connectivity index (χ0v) is 9.40. The van der Waals surface area contributed by atoms with Crippen molar-refractivity contribution in [3.63, 3.8) is 0 Å². The van der Waals surface area contributed by atoms with Crippen LogP contribution >= 0.6 is 0 Å². The Morgan fingerprint density at radius 2 is 1.77 bits per heavy atom. The summed E-state index contributed by atoms with van der Waals surface area (Å²) in [6, 6.07) is 0. The summed E-state index contributed by atoms with van der Waals surface area (Å²) in [5.74, 6) is 0. The first-order valence-corrected chi connectivity index (χ1v) is 5.55. The van der Waals surface area contributed by atoms with Crippen LogP contribution in [0, 0.1) is 0 Å². The molecule has 80 valence electrons. The summed E-state index contributed by atoms with van der Waals surface area (Å²) in [6.07, 6.45) is 6.52. The Labute approximate surface area is 82.7 Å². The first-order valence-electron chi connectivity index (χ1n) is 5.55. The molecule has 0 rings (SSSR count). The monoisotopic (exact) mass is 187 g/mol. The van der Waals surface area contributed by atoms with E-state index in [0.29, 0.717) is 0 Å². The van der Waals surface area contributed by atoms with E-state index in [1.54, 1.807) is 0 Å². The van der Waals surface area contributed by atoms with E-state index >= 15 is 0 Å². The normalized spacial score (nSPS) is 15.7. The molecule has 2 heteroatoms. The van der Waals surface area contributed by atoms with Gasteiger partial charge in [0.15, 0.2) is 0 Å². The molecule has 2 N–H and O–H groups in total. The van der Waals surface area contributed by atoms with Crippen molar-refractivity contribution in [1.29, 1.82) is 0 Å². The highest BCUT2D eigenvalue weighted by molar-refractivity contribution is 4.79. The number of unbranched alkanes of at least 4 members (excludes halogenated alkanes) is 2. The van der Waals surface area contributed by atoms with E-state index in [-0.39, 0.29) is 0 Å². The molecule has 1 unspecified atom stereocenters. The van der Waals surface area contributed by atoms with Crippen LogP contribution in [0.3, 0.4) is 0 Å². The molecule has 0 bridgehead atoms. The van der Waals surface area contributed by atoms with Gasteiger partial charge in [-0.2, -0.15) is 0 Å². The second-order valence-corrected chi connectivity index (χ2v) is 3.96. The van der Waals surface area contributed by atoms with Gasteiger partial charge < -0.3 is 10.4 Å². The number of aliphatic hydroxyl groups is 1. The molecular weight excluding hydrogens is 162 g/mol.